The van der Waals surface area contributed by atoms with Gasteiger partial charge in [-0.1, -0.05) is 11.2 Å². The van der Waals surface area contributed by atoms with Crippen molar-refractivity contribution in [2.45, 2.75) is 76.5 Å². The summed E-state index contributed by atoms with van der Waals surface area (Å²) in [5, 5.41) is 20.7. The lowest BCUT2D eigenvalue weighted by atomic mass is 9.99. The van der Waals surface area contributed by atoms with Gasteiger partial charge >= 0.3 is 0 Å². The van der Waals surface area contributed by atoms with Crippen LogP contribution in [-0.4, -0.2) is 77.1 Å². The van der Waals surface area contributed by atoms with E-state index in [1.165, 1.54) is 12.1 Å². The van der Waals surface area contributed by atoms with Gasteiger partial charge in [0.1, 0.15) is 29.2 Å². The summed E-state index contributed by atoms with van der Waals surface area (Å²) in [4.78, 5) is 29.2. The summed E-state index contributed by atoms with van der Waals surface area (Å²) in [6.07, 6.45) is 0.445. The number of amides is 2. The average molecular weight is 611 g/mol. The Kier molecular flexibility index (Phi) is 8.66. The van der Waals surface area contributed by atoms with Crippen LogP contribution < -0.4 is 15.4 Å². The van der Waals surface area contributed by atoms with E-state index in [0.717, 1.165) is 17.3 Å². The van der Waals surface area contributed by atoms with E-state index in [2.05, 4.69) is 15.8 Å². The van der Waals surface area contributed by atoms with Gasteiger partial charge in [-0.25, -0.2) is 8.78 Å². The fraction of sp³-hybridized carbons (Fsp3) is 0.469. The van der Waals surface area contributed by atoms with Crippen LogP contribution in [0.25, 0.3) is 11.1 Å². The van der Waals surface area contributed by atoms with E-state index < -0.39 is 35.8 Å². The number of carbonyl (C=O) groups excluding carboxylic acids is 2. The molecule has 0 saturated carbocycles. The van der Waals surface area contributed by atoms with E-state index in [-0.39, 0.29) is 48.1 Å². The number of aromatic nitrogens is 1. The van der Waals surface area contributed by atoms with Crippen LogP contribution in [0.5, 0.6) is 5.75 Å². The van der Waals surface area contributed by atoms with E-state index >= 15 is 0 Å². The monoisotopic (exact) mass is 610 g/mol. The standard InChI is InChI=1S/C32H36F2N4O6/c1-17-25(18(2)44-37-17)16-38-15-21-13-27(38)32(41)35-14-30-28(39)8-5-22(43-30)9-10-42-29-11-19(3-6-24(29)31(40)36-21)23-7-4-20(33)12-26(23)34/h3-4,6-7,11-12,21-22,27-28,30,39H,5,8-10,13-16H2,1-2H3,(H,35,41)(H,36,40)/t21-,22-,27-,28-,30+/m0/s1. The third-order valence-corrected chi connectivity index (χ3v) is 8.81. The van der Waals surface area contributed by atoms with E-state index in [9.17, 15) is 23.5 Å². The van der Waals surface area contributed by atoms with Crippen molar-refractivity contribution in [1.82, 2.24) is 20.7 Å². The number of nitrogens with one attached hydrogen (secondary N) is 2. The molecule has 3 aliphatic heterocycles. The number of aryl methyl sites for hydroxylation is 2. The van der Waals surface area contributed by atoms with Gasteiger partial charge in [0.05, 0.1) is 36.1 Å². The van der Waals surface area contributed by atoms with Gasteiger partial charge in [0, 0.05) is 49.3 Å². The molecule has 234 valence electrons. The van der Waals surface area contributed by atoms with Crippen molar-refractivity contribution < 1.29 is 37.5 Å². The SMILES string of the molecule is Cc1noc(C)c1CN1C[C@@H]2C[C@H]1C(=O)NC[C@H]1O[C@H](CCOc3cc(-c4ccc(F)cc4F)ccc3C(=O)N2)CC[C@@H]1O. The minimum atomic E-state index is -0.725. The molecule has 2 amide bonds. The third-order valence-electron chi connectivity index (χ3n) is 8.81. The molecule has 6 rings (SSSR count). The topological polar surface area (TPSA) is 126 Å². The summed E-state index contributed by atoms with van der Waals surface area (Å²) in [7, 11) is 0. The second-order valence-electron chi connectivity index (χ2n) is 11.8. The van der Waals surface area contributed by atoms with Crippen LogP contribution in [0.4, 0.5) is 8.78 Å². The molecule has 12 heteroatoms. The summed E-state index contributed by atoms with van der Waals surface area (Å²) in [6.45, 7) is 4.82. The minimum absolute atomic E-state index is 0.152. The Morgan fingerprint density at radius 1 is 1.07 bits per heavy atom. The van der Waals surface area contributed by atoms with Crippen molar-refractivity contribution in [3.05, 3.63) is 70.6 Å². The number of hydrogen-bond acceptors (Lipinski definition) is 8. The Morgan fingerprint density at radius 2 is 1.89 bits per heavy atom. The van der Waals surface area contributed by atoms with E-state index in [4.69, 9.17) is 14.0 Å². The minimum Gasteiger partial charge on any atom is -0.493 e. The van der Waals surface area contributed by atoms with Gasteiger partial charge < -0.3 is 29.7 Å². The number of aliphatic hydroxyl groups is 1. The van der Waals surface area contributed by atoms with Crippen LogP contribution in [0.15, 0.2) is 40.9 Å². The highest BCUT2D eigenvalue weighted by Gasteiger charge is 2.39. The Balaban J connectivity index is 1.31. The highest BCUT2D eigenvalue weighted by molar-refractivity contribution is 5.98. The first-order valence-corrected chi connectivity index (χ1v) is 15.0. The molecular weight excluding hydrogens is 574 g/mol. The normalized spacial score (nSPS) is 26.4. The molecular formula is C32H36F2N4O6. The third kappa shape index (κ3) is 6.33. The number of nitrogens with zero attached hydrogens (tertiary/aromatic N) is 2. The van der Waals surface area contributed by atoms with Crippen molar-refractivity contribution in [2.24, 2.45) is 0 Å². The number of carbonyl (C=O) groups is 2. The summed E-state index contributed by atoms with van der Waals surface area (Å²) in [6, 6.07) is 7.16. The van der Waals surface area contributed by atoms with Gasteiger partial charge in [0.25, 0.3) is 5.91 Å². The van der Waals surface area contributed by atoms with Crippen molar-refractivity contribution in [2.75, 3.05) is 19.7 Å². The summed E-state index contributed by atoms with van der Waals surface area (Å²) in [5.41, 5.74) is 2.48. The van der Waals surface area contributed by atoms with Crippen molar-refractivity contribution in [1.29, 1.82) is 0 Å². The predicted molar refractivity (Wildman–Crippen MR) is 155 cm³/mol. The van der Waals surface area contributed by atoms with Gasteiger partial charge in [0.15, 0.2) is 0 Å². The first-order chi connectivity index (χ1) is 21.2. The Hall–Kier alpha value is -3.87. The number of ether oxygens (including phenoxy) is 2. The molecule has 4 heterocycles. The van der Waals surface area contributed by atoms with Gasteiger partial charge in [-0.3, -0.25) is 14.5 Å². The Labute approximate surface area is 253 Å². The van der Waals surface area contributed by atoms with E-state index in [0.29, 0.717) is 50.1 Å². The lowest BCUT2D eigenvalue weighted by Gasteiger charge is -2.34. The average Bonchev–Trinajstić information content (AvgIpc) is 3.54. The number of aliphatic hydroxyl groups excluding tert-OH is 1. The molecule has 2 aromatic carbocycles. The zero-order chi connectivity index (χ0) is 31.0. The molecule has 3 aromatic rings. The quantitative estimate of drug-likeness (QED) is 0.412. The number of rotatable bonds is 3. The van der Waals surface area contributed by atoms with Crippen LogP contribution in [0.2, 0.25) is 0 Å². The number of halogens is 2. The number of hydrogen-bond donors (Lipinski definition) is 3. The van der Waals surface area contributed by atoms with Gasteiger partial charge in [0.2, 0.25) is 5.91 Å². The van der Waals surface area contributed by atoms with Crippen molar-refractivity contribution in [3.63, 3.8) is 0 Å². The second-order valence-corrected chi connectivity index (χ2v) is 11.8. The van der Waals surface area contributed by atoms with Crippen LogP contribution in [0.3, 0.4) is 0 Å². The van der Waals surface area contributed by atoms with Crippen molar-refractivity contribution >= 4 is 11.8 Å². The number of fused-ring (bicyclic) bond motifs is 5. The number of benzene rings is 2. The summed E-state index contributed by atoms with van der Waals surface area (Å²) in [5.74, 6) is -1.10. The molecule has 44 heavy (non-hydrogen) atoms. The molecule has 3 aliphatic rings. The largest absolute Gasteiger partial charge is 0.493 e. The Morgan fingerprint density at radius 3 is 2.66 bits per heavy atom. The predicted octanol–water partition coefficient (Wildman–Crippen LogP) is 3.42. The highest BCUT2D eigenvalue weighted by Crippen LogP contribution is 2.32. The lowest BCUT2D eigenvalue weighted by Crippen LogP contribution is -2.50. The van der Waals surface area contributed by atoms with E-state index in [1.807, 2.05) is 18.7 Å². The van der Waals surface area contributed by atoms with Crippen LogP contribution in [0.1, 0.15) is 53.1 Å². The first kappa shape index (κ1) is 30.2. The van der Waals surface area contributed by atoms with E-state index in [1.54, 1.807) is 18.2 Å². The fourth-order valence-corrected chi connectivity index (χ4v) is 6.33. The zero-order valence-electron chi connectivity index (χ0n) is 24.6. The van der Waals surface area contributed by atoms with Crippen LogP contribution in [-0.2, 0) is 16.1 Å². The summed E-state index contributed by atoms with van der Waals surface area (Å²) >= 11 is 0. The molecule has 2 saturated heterocycles. The fourth-order valence-electron chi connectivity index (χ4n) is 6.33. The van der Waals surface area contributed by atoms with Gasteiger partial charge in [-0.05, 0) is 62.9 Å². The maximum atomic E-state index is 14.6. The zero-order valence-corrected chi connectivity index (χ0v) is 24.6. The summed E-state index contributed by atoms with van der Waals surface area (Å²) < 4.78 is 45.8. The van der Waals surface area contributed by atoms with Crippen molar-refractivity contribution in [3.8, 4) is 16.9 Å². The Bertz CT molecular complexity index is 1530. The van der Waals surface area contributed by atoms with Gasteiger partial charge in [-0.15, -0.1) is 0 Å². The molecule has 1 aromatic heterocycles. The van der Waals surface area contributed by atoms with Gasteiger partial charge in [-0.2, -0.15) is 0 Å². The maximum absolute atomic E-state index is 14.6. The molecule has 3 N–H and O–H groups in total. The molecule has 0 aliphatic carbocycles. The molecule has 0 spiro atoms. The molecule has 0 unspecified atom stereocenters. The molecule has 0 radical (unpaired) electrons. The van der Waals surface area contributed by atoms with Crippen LogP contribution >= 0.6 is 0 Å². The molecule has 4 bridgehead atoms. The maximum Gasteiger partial charge on any atom is 0.255 e. The highest BCUT2D eigenvalue weighted by atomic mass is 19.1. The molecule has 10 nitrogen and oxygen atoms in total. The number of likely N-dealkylation sites (tertiary alicyclic amines) is 1. The smallest absolute Gasteiger partial charge is 0.255 e. The molecule has 2 fully saturated rings. The second kappa shape index (κ2) is 12.6. The first-order valence-electron chi connectivity index (χ1n) is 15.0. The lowest BCUT2D eigenvalue weighted by molar-refractivity contribution is -0.133. The van der Waals surface area contributed by atoms with Crippen LogP contribution in [0, 0.1) is 25.5 Å². The molecule has 5 atom stereocenters.